The van der Waals surface area contributed by atoms with E-state index in [4.69, 9.17) is 4.74 Å². The normalized spacial score (nSPS) is 14.9. The molecule has 0 spiro atoms. The zero-order chi connectivity index (χ0) is 13.2. The second-order valence-electron chi connectivity index (χ2n) is 4.75. The lowest BCUT2D eigenvalue weighted by atomic mass is 10.1. The number of nitrogens with zero attached hydrogens (tertiary/aromatic N) is 2. The molecule has 0 atom stereocenters. The van der Waals surface area contributed by atoms with Gasteiger partial charge in [0.2, 0.25) is 0 Å². The van der Waals surface area contributed by atoms with Gasteiger partial charge in [0.05, 0.1) is 30.3 Å². The van der Waals surface area contributed by atoms with Crippen molar-refractivity contribution in [2.45, 2.75) is 25.7 Å². The fraction of sp³-hybridized carbons (Fsp3) is 0.333. The molecular weight excluding hydrogens is 240 g/mol. The summed E-state index contributed by atoms with van der Waals surface area (Å²) in [6.07, 6.45) is 5.26. The number of carbonyl (C=O) groups excluding carboxylic acids is 1. The van der Waals surface area contributed by atoms with Gasteiger partial charge in [-0.05, 0) is 43.5 Å². The molecule has 0 saturated carbocycles. The summed E-state index contributed by atoms with van der Waals surface area (Å²) in [5.74, 6) is 1.03. The summed E-state index contributed by atoms with van der Waals surface area (Å²) in [7, 11) is 1.65. The van der Waals surface area contributed by atoms with Crippen LogP contribution in [-0.2, 0) is 6.42 Å². The number of Topliss-reactive ketones (excluding diaryl/α,β-unsaturated/α-hetero) is 1. The molecule has 3 rings (SSSR count). The van der Waals surface area contributed by atoms with Gasteiger partial charge in [0.15, 0.2) is 5.78 Å². The molecule has 2 aromatic rings. The lowest BCUT2D eigenvalue weighted by Gasteiger charge is -2.08. The van der Waals surface area contributed by atoms with Gasteiger partial charge in [0, 0.05) is 6.42 Å². The third-order valence-corrected chi connectivity index (χ3v) is 3.55. The Labute approximate surface area is 112 Å². The van der Waals surface area contributed by atoms with Crippen LogP contribution < -0.4 is 4.74 Å². The smallest absolute Gasteiger partial charge is 0.166 e. The second-order valence-corrected chi connectivity index (χ2v) is 4.75. The predicted molar refractivity (Wildman–Crippen MR) is 72.0 cm³/mol. The fourth-order valence-corrected chi connectivity index (χ4v) is 2.51. The molecule has 0 radical (unpaired) electrons. The SMILES string of the molecule is COc1ccc(-n2ncc3c2CCCCC3=O)cc1. The second kappa shape index (κ2) is 4.88. The summed E-state index contributed by atoms with van der Waals surface area (Å²) in [4.78, 5) is 12.0. The van der Waals surface area contributed by atoms with E-state index in [1.54, 1.807) is 13.3 Å². The molecular formula is C15H16N2O2. The van der Waals surface area contributed by atoms with Crippen molar-refractivity contribution in [1.29, 1.82) is 0 Å². The lowest BCUT2D eigenvalue weighted by molar-refractivity contribution is 0.0982. The van der Waals surface area contributed by atoms with Crippen molar-refractivity contribution >= 4 is 5.78 Å². The molecule has 0 N–H and O–H groups in total. The summed E-state index contributed by atoms with van der Waals surface area (Å²) in [6, 6.07) is 7.73. The van der Waals surface area contributed by atoms with E-state index in [1.807, 2.05) is 28.9 Å². The monoisotopic (exact) mass is 256 g/mol. The van der Waals surface area contributed by atoms with Gasteiger partial charge in [-0.1, -0.05) is 0 Å². The van der Waals surface area contributed by atoms with E-state index in [9.17, 15) is 4.79 Å². The van der Waals surface area contributed by atoms with Crippen LogP contribution in [0.1, 0.15) is 35.3 Å². The van der Waals surface area contributed by atoms with Crippen LogP contribution in [0.3, 0.4) is 0 Å². The van der Waals surface area contributed by atoms with Crippen LogP contribution in [0, 0.1) is 0 Å². The standard InChI is InChI=1S/C15H16N2O2/c1-19-12-8-6-11(7-9-12)17-14-4-2-3-5-15(18)13(14)10-16-17/h6-10H,2-5H2,1H3. The van der Waals surface area contributed by atoms with Gasteiger partial charge in [-0.15, -0.1) is 0 Å². The number of benzene rings is 1. The molecule has 0 bridgehead atoms. The van der Waals surface area contributed by atoms with E-state index >= 15 is 0 Å². The summed E-state index contributed by atoms with van der Waals surface area (Å²) >= 11 is 0. The molecule has 0 aliphatic heterocycles. The van der Waals surface area contributed by atoms with Gasteiger partial charge in [-0.25, -0.2) is 4.68 Å². The molecule has 1 aliphatic rings. The largest absolute Gasteiger partial charge is 0.497 e. The number of hydrogen-bond acceptors (Lipinski definition) is 3. The first kappa shape index (κ1) is 12.0. The van der Waals surface area contributed by atoms with Gasteiger partial charge >= 0.3 is 0 Å². The van der Waals surface area contributed by atoms with Crippen molar-refractivity contribution < 1.29 is 9.53 Å². The van der Waals surface area contributed by atoms with E-state index in [2.05, 4.69) is 5.10 Å². The highest BCUT2D eigenvalue weighted by Crippen LogP contribution is 2.24. The topological polar surface area (TPSA) is 44.1 Å². The third kappa shape index (κ3) is 2.14. The van der Waals surface area contributed by atoms with Gasteiger partial charge in [-0.2, -0.15) is 5.10 Å². The molecule has 4 nitrogen and oxygen atoms in total. The lowest BCUT2D eigenvalue weighted by Crippen LogP contribution is -2.04. The number of methoxy groups -OCH3 is 1. The highest BCUT2D eigenvalue weighted by atomic mass is 16.5. The Hall–Kier alpha value is -2.10. The zero-order valence-electron chi connectivity index (χ0n) is 10.9. The number of rotatable bonds is 2. The highest BCUT2D eigenvalue weighted by molar-refractivity contribution is 5.97. The molecule has 4 heteroatoms. The van der Waals surface area contributed by atoms with Crippen molar-refractivity contribution in [3.8, 4) is 11.4 Å². The molecule has 0 fully saturated rings. The van der Waals surface area contributed by atoms with Crippen LogP contribution in [0.5, 0.6) is 5.75 Å². The molecule has 0 amide bonds. The minimum atomic E-state index is 0.215. The predicted octanol–water partition coefficient (Wildman–Crippen LogP) is 2.79. The summed E-state index contributed by atoms with van der Waals surface area (Å²) in [5, 5.41) is 4.37. The Morgan fingerprint density at radius 3 is 2.63 bits per heavy atom. The Kier molecular flexibility index (Phi) is 3.07. The molecule has 1 heterocycles. The molecule has 0 saturated heterocycles. The number of carbonyl (C=O) groups is 1. The Balaban J connectivity index is 2.03. The molecule has 19 heavy (non-hydrogen) atoms. The Morgan fingerprint density at radius 1 is 1.16 bits per heavy atom. The van der Waals surface area contributed by atoms with Crippen LogP contribution in [-0.4, -0.2) is 22.7 Å². The molecule has 98 valence electrons. The van der Waals surface area contributed by atoms with E-state index in [0.29, 0.717) is 6.42 Å². The maximum Gasteiger partial charge on any atom is 0.166 e. The van der Waals surface area contributed by atoms with E-state index in [-0.39, 0.29) is 5.78 Å². The number of ether oxygens (including phenoxy) is 1. The Bertz CT molecular complexity index is 599. The number of hydrogen-bond donors (Lipinski definition) is 0. The summed E-state index contributed by atoms with van der Waals surface area (Å²) in [5.41, 5.74) is 2.79. The van der Waals surface area contributed by atoms with Gasteiger partial charge in [-0.3, -0.25) is 4.79 Å². The first-order valence-electron chi connectivity index (χ1n) is 6.54. The molecule has 1 aromatic carbocycles. The first-order valence-corrected chi connectivity index (χ1v) is 6.54. The first-order chi connectivity index (χ1) is 9.29. The van der Waals surface area contributed by atoms with Crippen LogP contribution in [0.4, 0.5) is 0 Å². The third-order valence-electron chi connectivity index (χ3n) is 3.55. The Morgan fingerprint density at radius 2 is 1.89 bits per heavy atom. The van der Waals surface area contributed by atoms with Crippen LogP contribution in [0.2, 0.25) is 0 Å². The van der Waals surface area contributed by atoms with Crippen LogP contribution in [0.15, 0.2) is 30.5 Å². The van der Waals surface area contributed by atoms with Gasteiger partial charge in [0.25, 0.3) is 0 Å². The number of aromatic nitrogens is 2. The highest BCUT2D eigenvalue weighted by Gasteiger charge is 2.20. The van der Waals surface area contributed by atoms with Crippen LogP contribution in [0.25, 0.3) is 5.69 Å². The fourth-order valence-electron chi connectivity index (χ4n) is 2.51. The van der Waals surface area contributed by atoms with Gasteiger partial charge in [0.1, 0.15) is 5.75 Å². The minimum absolute atomic E-state index is 0.215. The minimum Gasteiger partial charge on any atom is -0.497 e. The molecule has 0 unspecified atom stereocenters. The van der Waals surface area contributed by atoms with Crippen molar-refractivity contribution in [3.05, 3.63) is 41.7 Å². The quantitative estimate of drug-likeness (QED) is 0.776. The van der Waals surface area contributed by atoms with Crippen LogP contribution >= 0.6 is 0 Å². The van der Waals surface area contributed by atoms with Crippen molar-refractivity contribution in [3.63, 3.8) is 0 Å². The molecule has 1 aromatic heterocycles. The summed E-state index contributed by atoms with van der Waals surface area (Å²) < 4.78 is 7.03. The van der Waals surface area contributed by atoms with E-state index in [0.717, 1.165) is 42.0 Å². The van der Waals surface area contributed by atoms with E-state index in [1.165, 1.54) is 0 Å². The maximum absolute atomic E-state index is 12.0. The molecule has 1 aliphatic carbocycles. The maximum atomic E-state index is 12.0. The van der Waals surface area contributed by atoms with Crippen molar-refractivity contribution in [2.75, 3.05) is 7.11 Å². The zero-order valence-corrected chi connectivity index (χ0v) is 10.9. The van der Waals surface area contributed by atoms with E-state index < -0.39 is 0 Å². The average molecular weight is 256 g/mol. The van der Waals surface area contributed by atoms with Crippen molar-refractivity contribution in [1.82, 2.24) is 9.78 Å². The summed E-state index contributed by atoms with van der Waals surface area (Å²) in [6.45, 7) is 0. The van der Waals surface area contributed by atoms with Crippen molar-refractivity contribution in [2.24, 2.45) is 0 Å². The number of fused-ring (bicyclic) bond motifs is 1. The van der Waals surface area contributed by atoms with Gasteiger partial charge < -0.3 is 4.74 Å². The number of ketones is 1. The average Bonchev–Trinajstić information content (AvgIpc) is 2.79.